The number of nitrogens with one attached hydrogen (secondary N) is 1. The SMILES string of the molecule is O=C(CCN(Cc1ccc2c(c1)OCO2)C1CCCC1)Nc1ccccc1. The molecule has 1 aliphatic carbocycles. The minimum absolute atomic E-state index is 0.0647. The van der Waals surface area contributed by atoms with Crippen LogP contribution in [0.4, 0.5) is 5.69 Å². The molecule has 2 aromatic rings. The number of fused-ring (bicyclic) bond motifs is 1. The molecule has 0 radical (unpaired) electrons. The Morgan fingerprint density at radius 1 is 1.04 bits per heavy atom. The molecule has 0 spiro atoms. The third-order valence-electron chi connectivity index (χ3n) is 5.35. The van der Waals surface area contributed by atoms with Gasteiger partial charge >= 0.3 is 0 Å². The molecule has 5 heteroatoms. The highest BCUT2D eigenvalue weighted by Gasteiger charge is 2.24. The predicted molar refractivity (Wildman–Crippen MR) is 105 cm³/mol. The molecule has 0 unspecified atom stereocenters. The summed E-state index contributed by atoms with van der Waals surface area (Å²) in [7, 11) is 0. The molecule has 2 aliphatic rings. The molecule has 5 nitrogen and oxygen atoms in total. The Bertz CT molecular complexity index is 772. The van der Waals surface area contributed by atoms with Gasteiger partial charge in [0.2, 0.25) is 12.7 Å². The maximum absolute atomic E-state index is 12.4. The van der Waals surface area contributed by atoms with Crippen molar-refractivity contribution >= 4 is 11.6 Å². The van der Waals surface area contributed by atoms with Crippen molar-refractivity contribution in [3.63, 3.8) is 0 Å². The fourth-order valence-electron chi connectivity index (χ4n) is 3.92. The third kappa shape index (κ3) is 4.61. The van der Waals surface area contributed by atoms with Crippen molar-refractivity contribution in [3.8, 4) is 11.5 Å². The van der Waals surface area contributed by atoms with E-state index < -0.39 is 0 Å². The lowest BCUT2D eigenvalue weighted by Crippen LogP contribution is -2.35. The van der Waals surface area contributed by atoms with Gasteiger partial charge in [-0.15, -0.1) is 0 Å². The van der Waals surface area contributed by atoms with E-state index in [1.165, 1.54) is 31.2 Å². The molecule has 0 bridgehead atoms. The summed E-state index contributed by atoms with van der Waals surface area (Å²) in [6, 6.07) is 16.3. The number of benzene rings is 2. The quantitative estimate of drug-likeness (QED) is 0.798. The Morgan fingerprint density at radius 2 is 1.81 bits per heavy atom. The standard InChI is InChI=1S/C22H26N2O3/c25-22(23-18-6-2-1-3-7-18)12-13-24(19-8-4-5-9-19)15-17-10-11-20-21(14-17)27-16-26-20/h1-3,6-7,10-11,14,19H,4-5,8-9,12-13,15-16H2,(H,23,25). The van der Waals surface area contributed by atoms with Gasteiger partial charge in [0.25, 0.3) is 0 Å². The Balaban J connectivity index is 1.38. The number of para-hydroxylation sites is 1. The lowest BCUT2D eigenvalue weighted by Gasteiger charge is -2.28. The molecule has 1 N–H and O–H groups in total. The van der Waals surface area contributed by atoms with Gasteiger partial charge in [-0.1, -0.05) is 37.1 Å². The summed E-state index contributed by atoms with van der Waals surface area (Å²) in [4.78, 5) is 14.8. The van der Waals surface area contributed by atoms with Crippen LogP contribution in [0.1, 0.15) is 37.7 Å². The third-order valence-corrected chi connectivity index (χ3v) is 5.35. The Morgan fingerprint density at radius 3 is 2.63 bits per heavy atom. The Labute approximate surface area is 160 Å². The second kappa shape index (κ2) is 8.44. The molecule has 1 saturated carbocycles. The molecule has 0 atom stereocenters. The highest BCUT2D eigenvalue weighted by atomic mass is 16.7. The first kappa shape index (κ1) is 17.9. The van der Waals surface area contributed by atoms with Crippen LogP contribution >= 0.6 is 0 Å². The number of amides is 1. The fourth-order valence-corrected chi connectivity index (χ4v) is 3.92. The fraction of sp³-hybridized carbons (Fsp3) is 0.409. The molecule has 0 aromatic heterocycles. The van der Waals surface area contributed by atoms with Crippen molar-refractivity contribution in [1.29, 1.82) is 0 Å². The first-order valence-corrected chi connectivity index (χ1v) is 9.75. The van der Waals surface area contributed by atoms with Crippen LogP contribution in [0.2, 0.25) is 0 Å². The van der Waals surface area contributed by atoms with Gasteiger partial charge in [-0.05, 0) is 42.7 Å². The van der Waals surface area contributed by atoms with Crippen LogP contribution in [-0.2, 0) is 11.3 Å². The van der Waals surface area contributed by atoms with Gasteiger partial charge in [0.05, 0.1) is 0 Å². The lowest BCUT2D eigenvalue weighted by atomic mass is 10.1. The number of ether oxygens (including phenoxy) is 2. The van der Waals surface area contributed by atoms with Crippen molar-refractivity contribution in [2.24, 2.45) is 0 Å². The van der Waals surface area contributed by atoms with E-state index >= 15 is 0 Å². The van der Waals surface area contributed by atoms with Crippen molar-refractivity contribution in [2.45, 2.75) is 44.7 Å². The molecular weight excluding hydrogens is 340 g/mol. The van der Waals surface area contributed by atoms with E-state index in [0.717, 1.165) is 30.3 Å². The average molecular weight is 366 g/mol. The minimum Gasteiger partial charge on any atom is -0.454 e. The molecule has 2 aromatic carbocycles. The molecule has 1 aliphatic heterocycles. The first-order valence-electron chi connectivity index (χ1n) is 9.75. The summed E-state index contributed by atoms with van der Waals surface area (Å²) < 4.78 is 10.9. The van der Waals surface area contributed by atoms with E-state index in [0.29, 0.717) is 19.3 Å². The van der Waals surface area contributed by atoms with Crippen LogP contribution in [0.15, 0.2) is 48.5 Å². The second-order valence-electron chi connectivity index (χ2n) is 7.26. The summed E-state index contributed by atoms with van der Waals surface area (Å²) in [6.45, 7) is 1.89. The van der Waals surface area contributed by atoms with E-state index in [9.17, 15) is 4.79 Å². The minimum atomic E-state index is 0.0647. The first-order chi connectivity index (χ1) is 13.3. The van der Waals surface area contributed by atoms with Gasteiger partial charge < -0.3 is 14.8 Å². The number of nitrogens with zero attached hydrogens (tertiary/aromatic N) is 1. The summed E-state index contributed by atoms with van der Waals surface area (Å²) in [5.41, 5.74) is 2.06. The number of carbonyl (C=O) groups is 1. The highest BCUT2D eigenvalue weighted by Crippen LogP contribution is 2.33. The van der Waals surface area contributed by atoms with E-state index in [-0.39, 0.29) is 5.91 Å². The van der Waals surface area contributed by atoms with Crippen molar-refractivity contribution < 1.29 is 14.3 Å². The maximum Gasteiger partial charge on any atom is 0.231 e. The molecule has 27 heavy (non-hydrogen) atoms. The Kier molecular flexibility index (Phi) is 5.58. The van der Waals surface area contributed by atoms with Crippen molar-refractivity contribution in [3.05, 3.63) is 54.1 Å². The molecule has 1 amide bonds. The smallest absolute Gasteiger partial charge is 0.231 e. The van der Waals surface area contributed by atoms with Crippen LogP contribution < -0.4 is 14.8 Å². The molecule has 1 heterocycles. The zero-order valence-corrected chi connectivity index (χ0v) is 15.5. The zero-order chi connectivity index (χ0) is 18.5. The van der Waals surface area contributed by atoms with Gasteiger partial charge in [-0.2, -0.15) is 0 Å². The number of carbonyl (C=O) groups excluding carboxylic acids is 1. The van der Waals surface area contributed by atoms with Crippen molar-refractivity contribution in [2.75, 3.05) is 18.7 Å². The van der Waals surface area contributed by atoms with Gasteiger partial charge in [0.15, 0.2) is 11.5 Å². The lowest BCUT2D eigenvalue weighted by molar-refractivity contribution is -0.116. The van der Waals surface area contributed by atoms with Crippen LogP contribution in [-0.4, -0.2) is 30.2 Å². The van der Waals surface area contributed by atoms with Crippen LogP contribution in [0.5, 0.6) is 11.5 Å². The number of rotatable bonds is 7. The molecule has 0 saturated heterocycles. The summed E-state index contributed by atoms with van der Waals surface area (Å²) in [6.07, 6.45) is 5.47. The molecular formula is C22H26N2O3. The predicted octanol–water partition coefficient (Wildman–Crippen LogP) is 4.19. The normalized spacial score (nSPS) is 16.0. The van der Waals surface area contributed by atoms with Gasteiger partial charge in [0, 0.05) is 31.2 Å². The molecule has 142 valence electrons. The number of anilines is 1. The van der Waals surface area contributed by atoms with Gasteiger partial charge in [0.1, 0.15) is 0 Å². The van der Waals surface area contributed by atoms with Crippen LogP contribution in [0.25, 0.3) is 0 Å². The highest BCUT2D eigenvalue weighted by molar-refractivity contribution is 5.90. The Hall–Kier alpha value is -2.53. The van der Waals surface area contributed by atoms with Crippen LogP contribution in [0.3, 0.4) is 0 Å². The molecule has 4 rings (SSSR count). The largest absolute Gasteiger partial charge is 0.454 e. The maximum atomic E-state index is 12.4. The van der Waals surface area contributed by atoms with E-state index in [1.54, 1.807) is 0 Å². The summed E-state index contributed by atoms with van der Waals surface area (Å²) in [5, 5.41) is 2.98. The van der Waals surface area contributed by atoms with E-state index in [1.807, 2.05) is 36.4 Å². The zero-order valence-electron chi connectivity index (χ0n) is 15.5. The van der Waals surface area contributed by atoms with Crippen molar-refractivity contribution in [1.82, 2.24) is 4.90 Å². The average Bonchev–Trinajstić information content (AvgIpc) is 3.37. The topological polar surface area (TPSA) is 50.8 Å². The monoisotopic (exact) mass is 366 g/mol. The number of hydrogen-bond acceptors (Lipinski definition) is 4. The van der Waals surface area contributed by atoms with Gasteiger partial charge in [-0.3, -0.25) is 9.69 Å². The number of hydrogen-bond donors (Lipinski definition) is 1. The molecule has 1 fully saturated rings. The second-order valence-corrected chi connectivity index (χ2v) is 7.26. The van der Waals surface area contributed by atoms with Crippen LogP contribution in [0, 0.1) is 0 Å². The van der Waals surface area contributed by atoms with E-state index in [2.05, 4.69) is 22.3 Å². The van der Waals surface area contributed by atoms with Gasteiger partial charge in [-0.25, -0.2) is 0 Å². The van der Waals surface area contributed by atoms with E-state index in [4.69, 9.17) is 9.47 Å². The summed E-state index contributed by atoms with van der Waals surface area (Å²) >= 11 is 0. The summed E-state index contributed by atoms with van der Waals surface area (Å²) in [5.74, 6) is 1.70.